The Morgan fingerprint density at radius 2 is 1.71 bits per heavy atom. The van der Waals surface area contributed by atoms with E-state index in [0.29, 0.717) is 6.54 Å². The van der Waals surface area contributed by atoms with Gasteiger partial charge in [-0.15, -0.1) is 0 Å². The Kier molecular flexibility index (Phi) is 5.59. The number of β-amino-alcohol motifs (C(OH)–C–C–N with tert-alkyl or cyclic N) is 1. The number of rotatable bonds is 5. The van der Waals surface area contributed by atoms with Gasteiger partial charge in [-0.2, -0.15) is 0 Å². The third-order valence-electron chi connectivity index (χ3n) is 5.53. The molecule has 2 aromatic rings. The van der Waals surface area contributed by atoms with Gasteiger partial charge in [0.15, 0.2) is 0 Å². The van der Waals surface area contributed by atoms with Crippen molar-refractivity contribution >= 4 is 17.3 Å². The SMILES string of the molecule is CN(C)C[C@H]1C[C@@H](O)CN1c1cc(N2CCN(c3ccncc3)CC2)ncn1. The summed E-state index contributed by atoms with van der Waals surface area (Å²) in [5, 5.41) is 10.2. The van der Waals surface area contributed by atoms with Gasteiger partial charge in [-0.3, -0.25) is 4.98 Å². The number of aliphatic hydroxyl groups excluding tert-OH is 1. The largest absolute Gasteiger partial charge is 0.391 e. The molecule has 2 aliphatic rings. The lowest BCUT2D eigenvalue weighted by molar-refractivity contribution is 0.191. The maximum absolute atomic E-state index is 10.2. The lowest BCUT2D eigenvalue weighted by atomic mass is 10.2. The van der Waals surface area contributed by atoms with Crippen LogP contribution in [0.2, 0.25) is 0 Å². The summed E-state index contributed by atoms with van der Waals surface area (Å²) in [6.45, 7) is 5.28. The van der Waals surface area contributed by atoms with Crippen LogP contribution in [0.1, 0.15) is 6.42 Å². The Morgan fingerprint density at radius 1 is 1.04 bits per heavy atom. The molecule has 0 saturated carbocycles. The summed E-state index contributed by atoms with van der Waals surface area (Å²) in [6.07, 6.45) is 5.81. The molecular formula is C20H29N7O. The summed E-state index contributed by atoms with van der Waals surface area (Å²) in [4.78, 5) is 22.2. The molecule has 0 aliphatic carbocycles. The van der Waals surface area contributed by atoms with E-state index >= 15 is 0 Å². The summed E-state index contributed by atoms with van der Waals surface area (Å²) in [7, 11) is 4.13. The van der Waals surface area contributed by atoms with Crippen LogP contribution in [0, 0.1) is 0 Å². The molecule has 150 valence electrons. The number of likely N-dealkylation sites (N-methyl/N-ethyl adjacent to an activating group) is 1. The van der Waals surface area contributed by atoms with E-state index in [1.807, 2.05) is 12.4 Å². The fourth-order valence-corrected chi connectivity index (χ4v) is 4.18. The fraction of sp³-hybridized carbons (Fsp3) is 0.550. The summed E-state index contributed by atoms with van der Waals surface area (Å²) >= 11 is 0. The number of aliphatic hydroxyl groups is 1. The lowest BCUT2D eigenvalue weighted by Gasteiger charge is -2.37. The maximum Gasteiger partial charge on any atom is 0.134 e. The average Bonchev–Trinajstić information content (AvgIpc) is 3.08. The number of nitrogens with zero attached hydrogens (tertiary/aromatic N) is 7. The second kappa shape index (κ2) is 8.28. The first kappa shape index (κ1) is 18.9. The minimum Gasteiger partial charge on any atom is -0.391 e. The molecule has 28 heavy (non-hydrogen) atoms. The van der Waals surface area contributed by atoms with Crippen LogP contribution in [-0.2, 0) is 0 Å². The maximum atomic E-state index is 10.2. The molecule has 0 amide bonds. The van der Waals surface area contributed by atoms with Gasteiger partial charge in [-0.05, 0) is 32.6 Å². The highest BCUT2D eigenvalue weighted by molar-refractivity contribution is 5.53. The number of hydrogen-bond acceptors (Lipinski definition) is 8. The molecule has 2 atom stereocenters. The smallest absolute Gasteiger partial charge is 0.134 e. The van der Waals surface area contributed by atoms with Gasteiger partial charge in [-0.25, -0.2) is 9.97 Å². The molecule has 0 unspecified atom stereocenters. The first-order valence-corrected chi connectivity index (χ1v) is 9.91. The van der Waals surface area contributed by atoms with Gasteiger partial charge in [0, 0.05) is 69.5 Å². The number of hydrogen-bond donors (Lipinski definition) is 1. The van der Waals surface area contributed by atoms with Crippen LogP contribution >= 0.6 is 0 Å². The molecule has 0 spiro atoms. The second-order valence-corrected chi connectivity index (χ2v) is 7.87. The molecular weight excluding hydrogens is 354 g/mol. The molecule has 8 nitrogen and oxygen atoms in total. The van der Waals surface area contributed by atoms with Crippen molar-refractivity contribution in [1.82, 2.24) is 19.9 Å². The highest BCUT2D eigenvalue weighted by Crippen LogP contribution is 2.27. The first-order chi connectivity index (χ1) is 13.6. The van der Waals surface area contributed by atoms with Crippen molar-refractivity contribution in [1.29, 1.82) is 0 Å². The first-order valence-electron chi connectivity index (χ1n) is 9.91. The molecule has 2 aliphatic heterocycles. The number of anilines is 3. The van der Waals surface area contributed by atoms with Crippen LogP contribution < -0.4 is 14.7 Å². The van der Waals surface area contributed by atoms with Gasteiger partial charge in [0.25, 0.3) is 0 Å². The molecule has 4 heterocycles. The molecule has 2 aromatic heterocycles. The van der Waals surface area contributed by atoms with E-state index in [-0.39, 0.29) is 12.1 Å². The van der Waals surface area contributed by atoms with E-state index < -0.39 is 0 Å². The highest BCUT2D eigenvalue weighted by Gasteiger charge is 2.32. The quantitative estimate of drug-likeness (QED) is 0.809. The normalized spacial score (nSPS) is 22.9. The predicted octanol–water partition coefficient (Wildman–Crippen LogP) is 0.699. The van der Waals surface area contributed by atoms with Crippen LogP contribution in [-0.4, -0.2) is 90.5 Å². The Hall–Kier alpha value is -2.45. The van der Waals surface area contributed by atoms with E-state index in [2.05, 4.69) is 66.8 Å². The zero-order chi connectivity index (χ0) is 19.5. The minimum absolute atomic E-state index is 0.274. The summed E-state index contributed by atoms with van der Waals surface area (Å²) in [6, 6.07) is 6.46. The van der Waals surface area contributed by atoms with Crippen LogP contribution in [0.15, 0.2) is 36.9 Å². The molecule has 4 rings (SSSR count). The summed E-state index contributed by atoms with van der Waals surface area (Å²) in [5.74, 6) is 1.87. The van der Waals surface area contributed by atoms with Crippen molar-refractivity contribution in [3.63, 3.8) is 0 Å². The van der Waals surface area contributed by atoms with Gasteiger partial charge in [-0.1, -0.05) is 0 Å². The van der Waals surface area contributed by atoms with Gasteiger partial charge in [0.1, 0.15) is 18.0 Å². The topological polar surface area (TPSA) is 71.9 Å². The van der Waals surface area contributed by atoms with E-state index in [1.165, 1.54) is 5.69 Å². The zero-order valence-electron chi connectivity index (χ0n) is 16.6. The van der Waals surface area contributed by atoms with Crippen molar-refractivity contribution in [2.24, 2.45) is 0 Å². The average molecular weight is 384 g/mol. The minimum atomic E-state index is -0.299. The van der Waals surface area contributed by atoms with Crippen molar-refractivity contribution < 1.29 is 5.11 Å². The van der Waals surface area contributed by atoms with E-state index in [9.17, 15) is 5.11 Å². The predicted molar refractivity (Wildman–Crippen MR) is 111 cm³/mol. The molecule has 8 heteroatoms. The standard InChI is InChI=1S/C20H29N7O/c1-24(2)13-17-11-18(28)14-27(17)20-12-19(22-15-23-20)26-9-7-25(8-10-26)16-3-5-21-6-4-16/h3-6,12,15,17-18,28H,7-11,13-14H2,1-2H3/t17-,18-/m1/s1. The monoisotopic (exact) mass is 383 g/mol. The van der Waals surface area contributed by atoms with Crippen LogP contribution in [0.25, 0.3) is 0 Å². The Morgan fingerprint density at radius 3 is 2.43 bits per heavy atom. The van der Waals surface area contributed by atoms with Crippen molar-refractivity contribution in [2.45, 2.75) is 18.6 Å². The van der Waals surface area contributed by atoms with Gasteiger partial charge in [0.2, 0.25) is 0 Å². The third kappa shape index (κ3) is 4.18. The van der Waals surface area contributed by atoms with Crippen molar-refractivity contribution in [3.05, 3.63) is 36.9 Å². The fourth-order valence-electron chi connectivity index (χ4n) is 4.18. The summed E-state index contributed by atoms with van der Waals surface area (Å²) < 4.78 is 0. The van der Waals surface area contributed by atoms with Gasteiger partial charge >= 0.3 is 0 Å². The summed E-state index contributed by atoms with van der Waals surface area (Å²) in [5.41, 5.74) is 1.22. The molecule has 2 saturated heterocycles. The molecule has 0 bridgehead atoms. The zero-order valence-corrected chi connectivity index (χ0v) is 16.6. The molecule has 2 fully saturated rings. The molecule has 0 radical (unpaired) electrons. The number of aromatic nitrogens is 3. The Balaban J connectivity index is 1.44. The van der Waals surface area contributed by atoms with Crippen LogP contribution in [0.3, 0.4) is 0 Å². The highest BCUT2D eigenvalue weighted by atomic mass is 16.3. The van der Waals surface area contributed by atoms with E-state index in [0.717, 1.165) is 50.8 Å². The Labute approximate surface area is 166 Å². The van der Waals surface area contributed by atoms with E-state index in [1.54, 1.807) is 6.33 Å². The van der Waals surface area contributed by atoms with Crippen LogP contribution in [0.4, 0.5) is 17.3 Å². The lowest BCUT2D eigenvalue weighted by Crippen LogP contribution is -2.47. The number of piperazine rings is 1. The van der Waals surface area contributed by atoms with Crippen molar-refractivity contribution in [2.75, 3.05) is 68.1 Å². The third-order valence-corrected chi connectivity index (χ3v) is 5.53. The molecule has 0 aromatic carbocycles. The number of pyridine rings is 1. The Bertz CT molecular complexity index is 764. The molecule has 1 N–H and O–H groups in total. The van der Waals surface area contributed by atoms with E-state index in [4.69, 9.17) is 0 Å². The van der Waals surface area contributed by atoms with Gasteiger partial charge in [0.05, 0.1) is 6.10 Å². The van der Waals surface area contributed by atoms with Crippen LogP contribution in [0.5, 0.6) is 0 Å². The second-order valence-electron chi connectivity index (χ2n) is 7.87. The van der Waals surface area contributed by atoms with Crippen molar-refractivity contribution in [3.8, 4) is 0 Å². The van der Waals surface area contributed by atoms with Gasteiger partial charge < -0.3 is 24.7 Å².